The van der Waals surface area contributed by atoms with Crippen LogP contribution in [-0.4, -0.2) is 39.4 Å². The number of rotatable bonds is 9. The van der Waals surface area contributed by atoms with Crippen LogP contribution in [0, 0.1) is 6.92 Å². The molecule has 0 atom stereocenters. The van der Waals surface area contributed by atoms with Crippen molar-refractivity contribution in [3.63, 3.8) is 0 Å². The zero-order chi connectivity index (χ0) is 28.0. The van der Waals surface area contributed by atoms with Gasteiger partial charge in [-0.3, -0.25) is 14.2 Å². The Morgan fingerprint density at radius 3 is 2.41 bits per heavy atom. The lowest BCUT2D eigenvalue weighted by atomic mass is 9.87. The summed E-state index contributed by atoms with van der Waals surface area (Å²) in [6, 6.07) is 22.7. The van der Waals surface area contributed by atoms with Gasteiger partial charge in [0.25, 0.3) is 5.91 Å². The predicted octanol–water partition coefficient (Wildman–Crippen LogP) is 5.54. The van der Waals surface area contributed by atoms with Gasteiger partial charge in [0.1, 0.15) is 5.75 Å². The Morgan fingerprint density at radius 2 is 1.72 bits per heavy atom. The summed E-state index contributed by atoms with van der Waals surface area (Å²) in [6.45, 7) is 8.51. The van der Waals surface area contributed by atoms with Crippen molar-refractivity contribution in [1.29, 1.82) is 0 Å². The fraction of sp³-hybridized carbons (Fsp3) is 0.267. The third kappa shape index (κ3) is 7.06. The highest BCUT2D eigenvalue weighted by Crippen LogP contribution is 2.29. The van der Waals surface area contributed by atoms with E-state index in [9.17, 15) is 9.59 Å². The molecule has 4 aromatic rings. The van der Waals surface area contributed by atoms with Crippen LogP contribution >= 0.6 is 11.8 Å². The fourth-order valence-electron chi connectivity index (χ4n) is 4.00. The minimum Gasteiger partial charge on any atom is -0.495 e. The molecule has 0 saturated heterocycles. The Morgan fingerprint density at radius 1 is 0.974 bits per heavy atom. The van der Waals surface area contributed by atoms with Gasteiger partial charge in [-0.05, 0) is 59.9 Å². The lowest BCUT2D eigenvalue weighted by molar-refractivity contribution is -0.113. The SMILES string of the molecule is COc1ccccc1-n1c(CNC(=O)c2ccc(C(C)(C)C)cc2)nnc1SCC(=O)Nc1cccc(C)c1. The van der Waals surface area contributed by atoms with E-state index in [0.29, 0.717) is 28.0 Å². The molecule has 3 aromatic carbocycles. The highest BCUT2D eigenvalue weighted by atomic mass is 32.2. The third-order valence-corrected chi connectivity index (χ3v) is 7.01. The maximum Gasteiger partial charge on any atom is 0.251 e. The van der Waals surface area contributed by atoms with E-state index in [4.69, 9.17) is 4.74 Å². The Balaban J connectivity index is 1.52. The van der Waals surface area contributed by atoms with Crippen LogP contribution in [0.1, 0.15) is 48.1 Å². The van der Waals surface area contributed by atoms with Gasteiger partial charge in [0.05, 0.1) is 25.1 Å². The summed E-state index contributed by atoms with van der Waals surface area (Å²) in [6.07, 6.45) is 0. The van der Waals surface area contributed by atoms with Crippen molar-refractivity contribution in [1.82, 2.24) is 20.1 Å². The van der Waals surface area contributed by atoms with Gasteiger partial charge in [0.2, 0.25) is 5.91 Å². The summed E-state index contributed by atoms with van der Waals surface area (Å²) in [4.78, 5) is 25.6. The second-order valence-electron chi connectivity index (χ2n) is 10.1. The van der Waals surface area contributed by atoms with E-state index in [-0.39, 0.29) is 29.5 Å². The molecule has 0 bridgehead atoms. The van der Waals surface area contributed by atoms with Crippen LogP contribution in [0.25, 0.3) is 5.69 Å². The van der Waals surface area contributed by atoms with Crippen LogP contribution in [0.4, 0.5) is 5.69 Å². The molecule has 39 heavy (non-hydrogen) atoms. The molecule has 1 heterocycles. The van der Waals surface area contributed by atoms with Crippen molar-refractivity contribution in [3.05, 3.63) is 95.3 Å². The minimum atomic E-state index is -0.211. The summed E-state index contributed by atoms with van der Waals surface area (Å²) in [5.41, 5.74) is 4.24. The molecule has 0 unspecified atom stereocenters. The number of carbonyl (C=O) groups is 2. The molecule has 9 heteroatoms. The van der Waals surface area contributed by atoms with Crippen molar-refractivity contribution in [2.45, 2.75) is 44.8 Å². The number of aromatic nitrogens is 3. The van der Waals surface area contributed by atoms with E-state index in [1.54, 1.807) is 7.11 Å². The molecule has 0 saturated carbocycles. The summed E-state index contributed by atoms with van der Waals surface area (Å²) < 4.78 is 7.39. The topological polar surface area (TPSA) is 98.1 Å². The monoisotopic (exact) mass is 543 g/mol. The maximum absolute atomic E-state index is 12.9. The van der Waals surface area contributed by atoms with Gasteiger partial charge >= 0.3 is 0 Å². The quantitative estimate of drug-likeness (QED) is 0.269. The number of nitrogens with zero attached hydrogens (tertiary/aromatic N) is 3. The molecule has 0 spiro atoms. The van der Waals surface area contributed by atoms with Crippen molar-refractivity contribution < 1.29 is 14.3 Å². The van der Waals surface area contributed by atoms with Gasteiger partial charge in [-0.15, -0.1) is 10.2 Å². The average molecular weight is 544 g/mol. The first-order valence-electron chi connectivity index (χ1n) is 12.6. The summed E-state index contributed by atoms with van der Waals surface area (Å²) in [5, 5.41) is 15.1. The van der Waals surface area contributed by atoms with Gasteiger partial charge in [0.15, 0.2) is 11.0 Å². The molecule has 0 radical (unpaired) electrons. The second-order valence-corrected chi connectivity index (χ2v) is 11.1. The van der Waals surface area contributed by atoms with Crippen molar-refractivity contribution >= 4 is 29.3 Å². The summed E-state index contributed by atoms with van der Waals surface area (Å²) in [7, 11) is 1.59. The number of hydrogen-bond donors (Lipinski definition) is 2. The lowest BCUT2D eigenvalue weighted by Gasteiger charge is -2.19. The van der Waals surface area contributed by atoms with Gasteiger partial charge in [0, 0.05) is 11.3 Å². The normalized spacial score (nSPS) is 11.2. The van der Waals surface area contributed by atoms with E-state index in [1.807, 2.05) is 84.3 Å². The Kier molecular flexibility index (Phi) is 8.71. The second kappa shape index (κ2) is 12.2. The molecule has 0 aliphatic carbocycles. The fourth-order valence-corrected chi connectivity index (χ4v) is 4.76. The zero-order valence-electron chi connectivity index (χ0n) is 22.8. The van der Waals surface area contributed by atoms with Crippen LogP contribution < -0.4 is 15.4 Å². The first kappa shape index (κ1) is 27.9. The van der Waals surface area contributed by atoms with Crippen LogP contribution in [0.15, 0.2) is 78.0 Å². The molecule has 4 rings (SSSR count). The smallest absolute Gasteiger partial charge is 0.251 e. The van der Waals surface area contributed by atoms with Crippen LogP contribution in [0.5, 0.6) is 5.75 Å². The first-order chi connectivity index (χ1) is 18.7. The number of amides is 2. The number of thioether (sulfide) groups is 1. The van der Waals surface area contributed by atoms with Gasteiger partial charge < -0.3 is 15.4 Å². The Labute approximate surface area is 233 Å². The highest BCUT2D eigenvalue weighted by Gasteiger charge is 2.20. The first-order valence-corrected chi connectivity index (χ1v) is 13.6. The van der Waals surface area contributed by atoms with E-state index in [1.165, 1.54) is 11.8 Å². The maximum atomic E-state index is 12.9. The van der Waals surface area contributed by atoms with Gasteiger partial charge in [-0.25, -0.2) is 0 Å². The number of hydrogen-bond acceptors (Lipinski definition) is 6. The van der Waals surface area contributed by atoms with Crippen LogP contribution in [-0.2, 0) is 16.8 Å². The zero-order valence-corrected chi connectivity index (χ0v) is 23.6. The van der Waals surface area contributed by atoms with Crippen molar-refractivity contribution in [2.75, 3.05) is 18.2 Å². The van der Waals surface area contributed by atoms with Crippen molar-refractivity contribution in [2.24, 2.45) is 0 Å². The van der Waals surface area contributed by atoms with Crippen molar-refractivity contribution in [3.8, 4) is 11.4 Å². The summed E-state index contributed by atoms with van der Waals surface area (Å²) >= 11 is 1.26. The number of anilines is 1. The number of nitrogens with one attached hydrogen (secondary N) is 2. The number of ether oxygens (including phenoxy) is 1. The largest absolute Gasteiger partial charge is 0.495 e. The van der Waals surface area contributed by atoms with Crippen LogP contribution in [0.3, 0.4) is 0 Å². The minimum absolute atomic E-state index is 0.00513. The molecular weight excluding hydrogens is 510 g/mol. The lowest BCUT2D eigenvalue weighted by Crippen LogP contribution is -2.25. The highest BCUT2D eigenvalue weighted by molar-refractivity contribution is 7.99. The number of methoxy groups -OCH3 is 1. The van der Waals surface area contributed by atoms with E-state index in [2.05, 4.69) is 41.6 Å². The average Bonchev–Trinajstić information content (AvgIpc) is 3.32. The van der Waals surface area contributed by atoms with Crippen LogP contribution in [0.2, 0.25) is 0 Å². The number of para-hydroxylation sites is 2. The number of benzene rings is 3. The summed E-state index contributed by atoms with van der Waals surface area (Å²) in [5.74, 6) is 0.897. The van der Waals surface area contributed by atoms with Gasteiger partial charge in [-0.2, -0.15) is 0 Å². The predicted molar refractivity (Wildman–Crippen MR) is 155 cm³/mol. The Hall–Kier alpha value is -4.11. The molecule has 202 valence electrons. The molecule has 8 nitrogen and oxygen atoms in total. The third-order valence-electron chi connectivity index (χ3n) is 6.08. The number of aryl methyl sites for hydroxylation is 1. The van der Waals surface area contributed by atoms with E-state index < -0.39 is 0 Å². The molecule has 2 amide bonds. The molecule has 2 N–H and O–H groups in total. The molecule has 1 aromatic heterocycles. The number of carbonyl (C=O) groups excluding carboxylic acids is 2. The van der Waals surface area contributed by atoms with E-state index >= 15 is 0 Å². The molecular formula is C30H33N5O3S. The van der Waals surface area contributed by atoms with E-state index in [0.717, 1.165) is 16.8 Å². The molecule has 0 aliphatic heterocycles. The Bertz CT molecular complexity index is 1460. The molecule has 0 aliphatic rings. The molecule has 0 fully saturated rings. The standard InChI is InChI=1S/C30H33N5O3S/c1-20-9-8-10-23(17-20)32-27(36)19-39-29-34-33-26(35(29)24-11-6-7-12-25(24)38-5)18-31-28(37)21-13-15-22(16-14-21)30(2,3)4/h6-17H,18-19H2,1-5H3,(H,31,37)(H,32,36). The van der Waals surface area contributed by atoms with Gasteiger partial charge in [-0.1, -0.05) is 68.9 Å².